The van der Waals surface area contributed by atoms with Gasteiger partial charge in [0.15, 0.2) is 0 Å². The number of carbonyl (C=O) groups is 1. The van der Waals surface area contributed by atoms with Gasteiger partial charge in [-0.2, -0.15) is 0 Å². The zero-order valence-corrected chi connectivity index (χ0v) is 35.4. The molecule has 2 saturated carbocycles. The fourth-order valence-electron chi connectivity index (χ4n) is 10.4. The summed E-state index contributed by atoms with van der Waals surface area (Å²) in [4.78, 5) is 27.1. The molecule has 8 heteroatoms. The Morgan fingerprint density at radius 1 is 0.586 bits per heavy atom. The van der Waals surface area contributed by atoms with Gasteiger partial charge >= 0.3 is 5.97 Å². The summed E-state index contributed by atoms with van der Waals surface area (Å²) in [7, 11) is 0. The number of carbonyl (C=O) groups excluding carboxylic acids is 1. The Hall–Kier alpha value is -3.75. The molecule has 2 aliphatic heterocycles. The minimum absolute atomic E-state index is 0.0381. The van der Waals surface area contributed by atoms with E-state index >= 15 is 0 Å². The second kappa shape index (κ2) is 20.0. The van der Waals surface area contributed by atoms with Crippen molar-refractivity contribution in [2.24, 2.45) is 23.7 Å². The molecular weight excluding hydrogens is 721 g/mol. The second-order valence-corrected chi connectivity index (χ2v) is 18.2. The van der Waals surface area contributed by atoms with Gasteiger partial charge in [0.2, 0.25) is 0 Å². The van der Waals surface area contributed by atoms with Crippen molar-refractivity contribution in [3.63, 3.8) is 0 Å². The molecule has 0 spiro atoms. The molecule has 2 aromatic carbocycles. The lowest BCUT2D eigenvalue weighted by atomic mass is 9.82. The van der Waals surface area contributed by atoms with Crippen molar-refractivity contribution >= 4 is 27.8 Å². The molecule has 0 bridgehead atoms. The molecule has 8 rings (SSSR count). The van der Waals surface area contributed by atoms with Crippen LogP contribution in [-0.2, 0) is 22.6 Å². The van der Waals surface area contributed by atoms with E-state index in [1.165, 1.54) is 101 Å². The maximum atomic E-state index is 12.1. The smallest absolute Gasteiger partial charge is 0.309 e. The molecule has 58 heavy (non-hydrogen) atoms. The predicted molar refractivity (Wildman–Crippen MR) is 233 cm³/mol. The first-order valence-electron chi connectivity index (χ1n) is 23.2. The number of pyridine rings is 2. The van der Waals surface area contributed by atoms with Gasteiger partial charge in [0.25, 0.3) is 0 Å². The average molecular weight is 789 g/mol. The van der Waals surface area contributed by atoms with E-state index in [1.807, 2.05) is 6.92 Å². The standard InChI is InChI=1S/C50H68N4O4/c1-3-36-8-16-44(17-9-36)57-46-20-22-48-40(32-46)12-14-42(51-48)34-53-28-24-38(25-29-53)7-5-6-37-10-18-45(19-11-37)58-47-21-23-49-41(33-47)13-15-43(52-49)35-54-30-26-39(27-31-54)50(55)56-4-2/h12-15,20-23,32-33,36-39,44-45H,3-11,16-19,24-31,34-35H2,1-2H3. The lowest BCUT2D eigenvalue weighted by Crippen LogP contribution is -2.36. The lowest BCUT2D eigenvalue weighted by molar-refractivity contribution is -0.149. The van der Waals surface area contributed by atoms with E-state index in [2.05, 4.69) is 77.4 Å². The van der Waals surface area contributed by atoms with Crippen molar-refractivity contribution < 1.29 is 19.0 Å². The topological polar surface area (TPSA) is 77.0 Å². The minimum atomic E-state index is -0.0405. The fourth-order valence-corrected chi connectivity index (χ4v) is 10.4. The molecule has 8 nitrogen and oxygen atoms in total. The van der Waals surface area contributed by atoms with Crippen molar-refractivity contribution in [1.29, 1.82) is 0 Å². The van der Waals surface area contributed by atoms with Crippen LogP contribution in [0, 0.1) is 23.7 Å². The number of ether oxygens (including phenoxy) is 3. The maximum absolute atomic E-state index is 12.1. The summed E-state index contributed by atoms with van der Waals surface area (Å²) < 4.78 is 18.2. The molecule has 0 radical (unpaired) electrons. The second-order valence-electron chi connectivity index (χ2n) is 18.2. The molecule has 4 heterocycles. The van der Waals surface area contributed by atoms with Crippen LogP contribution in [-0.4, -0.2) is 70.7 Å². The Bertz CT molecular complexity index is 1920. The van der Waals surface area contributed by atoms with Crippen molar-refractivity contribution in [2.75, 3.05) is 32.8 Å². The largest absolute Gasteiger partial charge is 0.490 e. The number of nitrogens with zero attached hydrogens (tertiary/aromatic N) is 4. The number of benzene rings is 2. The monoisotopic (exact) mass is 789 g/mol. The first kappa shape index (κ1) is 41.0. The number of piperidine rings is 2. The molecule has 0 N–H and O–H groups in total. The van der Waals surface area contributed by atoms with E-state index in [0.29, 0.717) is 18.8 Å². The molecule has 0 atom stereocenters. The van der Waals surface area contributed by atoms with Gasteiger partial charge in [0.05, 0.1) is 47.2 Å². The van der Waals surface area contributed by atoms with E-state index in [9.17, 15) is 4.79 Å². The summed E-state index contributed by atoms with van der Waals surface area (Å²) in [5.74, 6) is 4.56. The van der Waals surface area contributed by atoms with Crippen molar-refractivity contribution in [1.82, 2.24) is 19.8 Å². The summed E-state index contributed by atoms with van der Waals surface area (Å²) in [5.41, 5.74) is 4.35. The van der Waals surface area contributed by atoms with Gasteiger partial charge in [-0.25, -0.2) is 0 Å². The number of likely N-dealkylation sites (tertiary alicyclic amines) is 2. The maximum Gasteiger partial charge on any atom is 0.309 e. The van der Waals surface area contributed by atoms with Gasteiger partial charge in [-0.1, -0.05) is 44.7 Å². The van der Waals surface area contributed by atoms with Crippen molar-refractivity contribution in [3.05, 3.63) is 72.1 Å². The Kier molecular flexibility index (Phi) is 14.1. The highest BCUT2D eigenvalue weighted by atomic mass is 16.5. The third-order valence-electron chi connectivity index (χ3n) is 14.1. The van der Waals surface area contributed by atoms with Crippen LogP contribution in [0.1, 0.15) is 128 Å². The first-order valence-corrected chi connectivity index (χ1v) is 23.2. The normalized spacial score (nSPS) is 24.2. The molecule has 0 unspecified atom stereocenters. The van der Waals surface area contributed by atoms with E-state index < -0.39 is 0 Å². The quantitative estimate of drug-likeness (QED) is 0.110. The highest BCUT2D eigenvalue weighted by Gasteiger charge is 2.27. The fraction of sp³-hybridized carbons (Fsp3) is 0.620. The third kappa shape index (κ3) is 11.1. The molecule has 2 aromatic heterocycles. The summed E-state index contributed by atoms with van der Waals surface area (Å²) in [6.45, 7) is 10.6. The first-order chi connectivity index (χ1) is 28.5. The van der Waals surface area contributed by atoms with Crippen LogP contribution in [0.25, 0.3) is 21.8 Å². The van der Waals surface area contributed by atoms with E-state index in [4.69, 9.17) is 24.2 Å². The number of rotatable bonds is 15. The molecule has 4 aromatic rings. The van der Waals surface area contributed by atoms with E-state index in [0.717, 1.165) is 103 Å². The van der Waals surface area contributed by atoms with Crippen LogP contribution < -0.4 is 9.47 Å². The minimum Gasteiger partial charge on any atom is -0.490 e. The Morgan fingerprint density at radius 2 is 1.07 bits per heavy atom. The average Bonchev–Trinajstić information content (AvgIpc) is 3.25. The van der Waals surface area contributed by atoms with E-state index in [1.54, 1.807) is 0 Å². The lowest BCUT2D eigenvalue weighted by Gasteiger charge is -2.32. The molecule has 4 aliphatic rings. The van der Waals surface area contributed by atoms with Gasteiger partial charge in [-0.3, -0.25) is 24.6 Å². The SMILES string of the molecule is CCOC(=O)C1CCN(Cc2ccc3cc(OC4CCC(CCCC5CCN(Cc6ccc7cc(OC8CCC(CC)CC8)ccc7n6)CC5)CC4)ccc3n2)CC1. The van der Waals surface area contributed by atoms with Crippen LogP contribution in [0.15, 0.2) is 60.7 Å². The zero-order chi connectivity index (χ0) is 39.7. The highest BCUT2D eigenvalue weighted by Crippen LogP contribution is 2.34. The number of hydrogen-bond acceptors (Lipinski definition) is 8. The van der Waals surface area contributed by atoms with Crippen LogP contribution in [0.4, 0.5) is 0 Å². The Balaban J connectivity index is 0.702. The number of hydrogen-bond donors (Lipinski definition) is 0. The molecular formula is C50H68N4O4. The van der Waals surface area contributed by atoms with Crippen LogP contribution in [0.3, 0.4) is 0 Å². The predicted octanol–water partition coefficient (Wildman–Crippen LogP) is 10.9. The number of fused-ring (bicyclic) bond motifs is 2. The third-order valence-corrected chi connectivity index (χ3v) is 14.1. The van der Waals surface area contributed by atoms with E-state index in [-0.39, 0.29) is 11.9 Å². The molecule has 0 amide bonds. The van der Waals surface area contributed by atoms with Gasteiger partial charge in [-0.15, -0.1) is 0 Å². The van der Waals surface area contributed by atoms with Gasteiger partial charge in [0.1, 0.15) is 11.5 Å². The van der Waals surface area contributed by atoms with Gasteiger partial charge in [-0.05, 0) is 176 Å². The molecule has 4 fully saturated rings. The summed E-state index contributed by atoms with van der Waals surface area (Å²) in [5, 5.41) is 2.31. The highest BCUT2D eigenvalue weighted by molar-refractivity contribution is 5.81. The van der Waals surface area contributed by atoms with Crippen molar-refractivity contribution in [3.8, 4) is 11.5 Å². The number of esters is 1. The Morgan fingerprint density at radius 3 is 1.57 bits per heavy atom. The Labute approximate surface area is 347 Å². The number of aromatic nitrogens is 2. The van der Waals surface area contributed by atoms with Crippen LogP contribution >= 0.6 is 0 Å². The summed E-state index contributed by atoms with van der Waals surface area (Å²) in [6.07, 6.45) is 20.3. The summed E-state index contributed by atoms with van der Waals surface area (Å²) >= 11 is 0. The van der Waals surface area contributed by atoms with Gasteiger partial charge < -0.3 is 14.2 Å². The molecule has 2 saturated heterocycles. The molecule has 2 aliphatic carbocycles. The van der Waals surface area contributed by atoms with Gasteiger partial charge in [0, 0.05) is 23.9 Å². The zero-order valence-electron chi connectivity index (χ0n) is 35.4. The van der Waals surface area contributed by atoms with Crippen LogP contribution in [0.2, 0.25) is 0 Å². The van der Waals surface area contributed by atoms with Crippen LogP contribution in [0.5, 0.6) is 11.5 Å². The van der Waals surface area contributed by atoms with Crippen molar-refractivity contribution in [2.45, 2.75) is 142 Å². The molecule has 312 valence electrons. The summed E-state index contributed by atoms with van der Waals surface area (Å²) in [6, 6.07) is 21.6.